The third-order valence-corrected chi connectivity index (χ3v) is 4.12. The van der Waals surface area contributed by atoms with E-state index in [4.69, 9.17) is 5.73 Å². The average Bonchev–Trinajstić information content (AvgIpc) is 2.47. The van der Waals surface area contributed by atoms with Crippen molar-refractivity contribution < 1.29 is 0 Å². The average molecular weight is 267 g/mol. The molecule has 1 heterocycles. The molecule has 104 valence electrons. The van der Waals surface area contributed by atoms with Crippen LogP contribution in [0.2, 0.25) is 0 Å². The lowest BCUT2D eigenvalue weighted by molar-refractivity contribution is 0.443. The van der Waals surface area contributed by atoms with Crippen LogP contribution in [-0.2, 0) is 0 Å². The maximum absolute atomic E-state index is 5.79. The van der Waals surface area contributed by atoms with Crippen LogP contribution in [0.4, 0.5) is 5.82 Å². The van der Waals surface area contributed by atoms with E-state index in [0.717, 1.165) is 23.0 Å². The molecule has 0 unspecified atom stereocenters. The molecule has 0 bridgehead atoms. The van der Waals surface area contributed by atoms with Crippen LogP contribution in [0, 0.1) is 6.92 Å². The molecular weight excluding hydrogens is 246 g/mol. The van der Waals surface area contributed by atoms with Crippen molar-refractivity contribution in [3.8, 4) is 11.4 Å². The first-order chi connectivity index (χ1) is 9.72. The van der Waals surface area contributed by atoms with Gasteiger partial charge in [-0.25, -0.2) is 9.97 Å². The predicted octanol–water partition coefficient (Wildman–Crippen LogP) is 4.08. The van der Waals surface area contributed by atoms with Gasteiger partial charge in [0.1, 0.15) is 5.82 Å². The van der Waals surface area contributed by atoms with Gasteiger partial charge < -0.3 is 5.73 Å². The Morgan fingerprint density at radius 1 is 1.00 bits per heavy atom. The van der Waals surface area contributed by atoms with Gasteiger partial charge in [-0.2, -0.15) is 0 Å². The summed E-state index contributed by atoms with van der Waals surface area (Å²) in [6.07, 6.45) is 6.78. The van der Waals surface area contributed by atoms with Gasteiger partial charge in [0.05, 0.1) is 0 Å². The first-order valence-electron chi connectivity index (χ1n) is 7.44. The van der Waals surface area contributed by atoms with Crippen molar-refractivity contribution in [2.24, 2.45) is 0 Å². The van der Waals surface area contributed by atoms with Gasteiger partial charge in [-0.3, -0.25) is 0 Å². The fourth-order valence-corrected chi connectivity index (χ4v) is 3.06. The molecule has 0 saturated heterocycles. The Bertz CT molecular complexity index is 563. The molecule has 2 N–H and O–H groups in total. The molecule has 0 amide bonds. The quantitative estimate of drug-likeness (QED) is 0.892. The molecule has 3 heteroatoms. The second kappa shape index (κ2) is 5.61. The molecule has 0 radical (unpaired) electrons. The zero-order valence-corrected chi connectivity index (χ0v) is 12.0. The summed E-state index contributed by atoms with van der Waals surface area (Å²) in [4.78, 5) is 8.77. The number of hydrogen-bond donors (Lipinski definition) is 1. The fraction of sp³-hybridized carbons (Fsp3) is 0.412. The van der Waals surface area contributed by atoms with Gasteiger partial charge in [-0.15, -0.1) is 0 Å². The number of rotatable bonds is 2. The van der Waals surface area contributed by atoms with Gasteiger partial charge in [-0.05, 0) is 31.2 Å². The van der Waals surface area contributed by atoms with Crippen LogP contribution in [0.3, 0.4) is 0 Å². The predicted molar refractivity (Wildman–Crippen MR) is 82.4 cm³/mol. The highest BCUT2D eigenvalue weighted by Gasteiger charge is 2.15. The van der Waals surface area contributed by atoms with Crippen molar-refractivity contribution in [2.75, 3.05) is 5.73 Å². The number of nitrogens with zero attached hydrogens (tertiary/aromatic N) is 2. The number of nitrogens with two attached hydrogens (primary N) is 1. The molecule has 2 aromatic rings. The second-order valence-corrected chi connectivity index (χ2v) is 5.71. The van der Waals surface area contributed by atoms with Crippen LogP contribution in [0.15, 0.2) is 30.3 Å². The molecular formula is C17H21N3. The largest absolute Gasteiger partial charge is 0.384 e. The maximum atomic E-state index is 5.79. The van der Waals surface area contributed by atoms with E-state index in [-0.39, 0.29) is 0 Å². The molecule has 20 heavy (non-hydrogen) atoms. The lowest BCUT2D eigenvalue weighted by Crippen LogP contribution is -2.04. The molecule has 1 aliphatic carbocycles. The number of aryl methyl sites for hydroxylation is 1. The minimum atomic E-state index is 0.531. The highest BCUT2D eigenvalue weighted by molar-refractivity contribution is 5.57. The smallest absolute Gasteiger partial charge is 0.161 e. The monoisotopic (exact) mass is 267 g/mol. The lowest BCUT2D eigenvalue weighted by atomic mass is 9.84. The zero-order valence-electron chi connectivity index (χ0n) is 12.0. The Morgan fingerprint density at radius 2 is 1.70 bits per heavy atom. The molecule has 0 aliphatic heterocycles. The van der Waals surface area contributed by atoms with Crippen molar-refractivity contribution in [1.29, 1.82) is 0 Å². The molecule has 1 aromatic heterocycles. The van der Waals surface area contributed by atoms with Crippen LogP contribution < -0.4 is 5.73 Å². The second-order valence-electron chi connectivity index (χ2n) is 5.71. The van der Waals surface area contributed by atoms with Gasteiger partial charge in [0.25, 0.3) is 0 Å². The Morgan fingerprint density at radius 3 is 2.35 bits per heavy atom. The molecule has 3 rings (SSSR count). The minimum absolute atomic E-state index is 0.531. The van der Waals surface area contributed by atoms with E-state index in [0.29, 0.717) is 5.82 Å². The summed E-state index contributed by atoms with van der Waals surface area (Å²) in [5.74, 6) is 1.99. The van der Waals surface area contributed by atoms with Crippen molar-refractivity contribution in [2.45, 2.75) is 44.9 Å². The third-order valence-electron chi connectivity index (χ3n) is 4.12. The van der Waals surface area contributed by atoms with E-state index >= 15 is 0 Å². The van der Waals surface area contributed by atoms with E-state index in [9.17, 15) is 0 Å². The van der Waals surface area contributed by atoms with Crippen molar-refractivity contribution >= 4 is 5.82 Å². The van der Waals surface area contributed by atoms with E-state index in [1.165, 1.54) is 37.7 Å². The van der Waals surface area contributed by atoms with Crippen LogP contribution >= 0.6 is 0 Å². The first-order valence-corrected chi connectivity index (χ1v) is 7.44. The van der Waals surface area contributed by atoms with E-state index < -0.39 is 0 Å². The standard InChI is InChI=1S/C17H21N3/c1-12-11-16(18)20-17(19-12)15-9-7-14(8-10-15)13-5-3-2-4-6-13/h7-11,13H,2-6H2,1H3,(H2,18,19,20). The summed E-state index contributed by atoms with van der Waals surface area (Å²) in [6.45, 7) is 1.94. The van der Waals surface area contributed by atoms with Gasteiger partial charge >= 0.3 is 0 Å². The van der Waals surface area contributed by atoms with Crippen molar-refractivity contribution in [1.82, 2.24) is 9.97 Å². The number of hydrogen-bond acceptors (Lipinski definition) is 3. The van der Waals surface area contributed by atoms with E-state index in [2.05, 4.69) is 34.2 Å². The van der Waals surface area contributed by atoms with Crippen molar-refractivity contribution in [3.05, 3.63) is 41.6 Å². The normalized spacial score (nSPS) is 16.2. The highest BCUT2D eigenvalue weighted by Crippen LogP contribution is 2.33. The Labute approximate surface area is 120 Å². The summed E-state index contributed by atoms with van der Waals surface area (Å²) in [6, 6.07) is 10.5. The molecule has 1 aliphatic rings. The van der Waals surface area contributed by atoms with Crippen LogP contribution in [0.25, 0.3) is 11.4 Å². The molecule has 3 nitrogen and oxygen atoms in total. The van der Waals surface area contributed by atoms with Crippen LogP contribution in [0.1, 0.15) is 49.3 Å². The Hall–Kier alpha value is -1.90. The first kappa shape index (κ1) is 13.1. The Balaban J connectivity index is 1.85. The SMILES string of the molecule is Cc1cc(N)nc(-c2ccc(C3CCCCC3)cc2)n1. The molecule has 1 fully saturated rings. The van der Waals surface area contributed by atoms with Crippen LogP contribution in [0.5, 0.6) is 0 Å². The van der Waals surface area contributed by atoms with Gasteiger partial charge in [-0.1, -0.05) is 43.5 Å². The number of benzene rings is 1. The summed E-state index contributed by atoms with van der Waals surface area (Å²) < 4.78 is 0. The minimum Gasteiger partial charge on any atom is -0.384 e. The van der Waals surface area contributed by atoms with Gasteiger partial charge in [0, 0.05) is 17.3 Å². The summed E-state index contributed by atoms with van der Waals surface area (Å²) in [5, 5.41) is 0. The zero-order chi connectivity index (χ0) is 13.9. The molecule has 1 saturated carbocycles. The molecule has 1 aromatic carbocycles. The maximum Gasteiger partial charge on any atom is 0.161 e. The number of anilines is 1. The van der Waals surface area contributed by atoms with Gasteiger partial charge in [0.15, 0.2) is 5.82 Å². The molecule has 0 atom stereocenters. The topological polar surface area (TPSA) is 51.8 Å². The molecule has 0 spiro atoms. The highest BCUT2D eigenvalue weighted by atomic mass is 14.9. The van der Waals surface area contributed by atoms with E-state index in [1.807, 2.05) is 6.92 Å². The number of nitrogen functional groups attached to an aromatic ring is 1. The number of aromatic nitrogens is 2. The van der Waals surface area contributed by atoms with Gasteiger partial charge in [0.2, 0.25) is 0 Å². The summed E-state index contributed by atoms with van der Waals surface area (Å²) in [5.41, 5.74) is 9.19. The lowest BCUT2D eigenvalue weighted by Gasteiger charge is -2.22. The van der Waals surface area contributed by atoms with E-state index in [1.54, 1.807) is 6.07 Å². The summed E-state index contributed by atoms with van der Waals surface area (Å²) in [7, 11) is 0. The van der Waals surface area contributed by atoms with Crippen LogP contribution in [-0.4, -0.2) is 9.97 Å². The van der Waals surface area contributed by atoms with Crippen molar-refractivity contribution in [3.63, 3.8) is 0 Å². The Kier molecular flexibility index (Phi) is 3.68. The summed E-state index contributed by atoms with van der Waals surface area (Å²) >= 11 is 0. The fourth-order valence-electron chi connectivity index (χ4n) is 3.06. The third kappa shape index (κ3) is 2.82.